The third-order valence-electron chi connectivity index (χ3n) is 25.6. The molecule has 690 valence electrons. The Labute approximate surface area is 725 Å². The van der Waals surface area contributed by atoms with E-state index in [4.69, 9.17) is 18.9 Å². The molecule has 0 fully saturated rings. The van der Waals surface area contributed by atoms with E-state index in [1.165, 1.54) is 360 Å². The number of rotatable bonds is 98. The number of ether oxygens (including phenoxy) is 4. The number of carbonyl (C=O) groups is 4. The van der Waals surface area contributed by atoms with E-state index in [2.05, 4.69) is 77.1 Å². The lowest BCUT2D eigenvalue weighted by Gasteiger charge is -2.28. The van der Waals surface area contributed by atoms with Crippen LogP contribution in [0.4, 0.5) is 0 Å². The topological polar surface area (TPSA) is 115 Å². The van der Waals surface area contributed by atoms with Crippen LogP contribution in [0, 0.1) is 23.7 Å². The van der Waals surface area contributed by atoms with Crippen molar-refractivity contribution in [2.75, 3.05) is 85.8 Å². The molecule has 4 atom stereocenters. The Morgan fingerprint density at radius 3 is 0.483 bits per heavy atom. The molecule has 0 aliphatic rings. The number of unbranched alkanes of at least 4 members (excludes halogenated alkanes) is 56. The van der Waals surface area contributed by atoms with Gasteiger partial charge in [0.15, 0.2) is 0 Å². The number of likely N-dealkylation sites (N-methyl/N-ethyl adjacent to an activating group) is 1. The molecule has 0 spiro atoms. The number of nitrogens with zero attached hydrogens (tertiary/aromatic N) is 3. The molecule has 0 N–H and O–H groups in total. The summed E-state index contributed by atoms with van der Waals surface area (Å²) in [6, 6.07) is 0. The number of carbonyl (C=O) groups excluding carboxylic acids is 4. The van der Waals surface area contributed by atoms with Gasteiger partial charge in [-0.2, -0.15) is 0 Å². The van der Waals surface area contributed by atoms with Crippen molar-refractivity contribution < 1.29 is 38.1 Å². The first-order valence-electron chi connectivity index (χ1n) is 52.8. The van der Waals surface area contributed by atoms with Crippen LogP contribution in [0.15, 0.2) is 0 Å². The van der Waals surface area contributed by atoms with Gasteiger partial charge in [0, 0.05) is 26.2 Å². The second-order valence-corrected chi connectivity index (χ2v) is 37.0. The Morgan fingerprint density at radius 1 is 0.172 bits per heavy atom. The third kappa shape index (κ3) is 79.0. The molecule has 0 radical (unpaired) electrons. The summed E-state index contributed by atoms with van der Waals surface area (Å²) in [6.45, 7) is 29.7. The molecule has 11 nitrogen and oxygen atoms in total. The normalized spacial score (nSPS) is 12.9. The Morgan fingerprint density at radius 2 is 0.310 bits per heavy atom. The predicted octanol–water partition coefficient (Wildman–Crippen LogP) is 32.0. The van der Waals surface area contributed by atoms with Crippen molar-refractivity contribution in [3.63, 3.8) is 0 Å². The molecule has 0 saturated carbocycles. The van der Waals surface area contributed by atoms with Gasteiger partial charge in [-0.25, -0.2) is 0 Å². The van der Waals surface area contributed by atoms with E-state index in [0.717, 1.165) is 180 Å². The molecular weight excluding hydrogens is 1430 g/mol. The van der Waals surface area contributed by atoms with E-state index in [-0.39, 0.29) is 47.5 Å². The Kier molecular flexibility index (Phi) is 91.7. The van der Waals surface area contributed by atoms with Crippen molar-refractivity contribution in [3.05, 3.63) is 0 Å². The van der Waals surface area contributed by atoms with E-state index in [0.29, 0.717) is 26.4 Å². The zero-order valence-corrected chi connectivity index (χ0v) is 80.1. The SMILES string of the molecule is CCCCCCCCC(CCCCCC)C(=O)OCCCCCCCCCN(CCCCCCCCCOC(=O)C(CCCCCC)CCCCCCCC)CCN(C)CCN(CCCCCCCCCOC(=O)C(CCCCCC)CCCCCCCC)CCCCCCCCCOC(=O)C(CCCCCC)CCCCCCCC. The largest absolute Gasteiger partial charge is 0.465 e. The fourth-order valence-electron chi connectivity index (χ4n) is 17.3. The van der Waals surface area contributed by atoms with Crippen LogP contribution in [-0.2, 0) is 38.1 Å². The van der Waals surface area contributed by atoms with E-state index in [1.54, 1.807) is 0 Å². The molecule has 0 aliphatic heterocycles. The summed E-state index contributed by atoms with van der Waals surface area (Å²) < 4.78 is 23.9. The van der Waals surface area contributed by atoms with Crippen LogP contribution in [0.5, 0.6) is 0 Å². The minimum absolute atomic E-state index is 0.0778. The van der Waals surface area contributed by atoms with Crippen molar-refractivity contribution >= 4 is 23.9 Å². The van der Waals surface area contributed by atoms with Crippen molar-refractivity contribution in [2.24, 2.45) is 23.7 Å². The molecule has 0 saturated heterocycles. The fourth-order valence-corrected chi connectivity index (χ4v) is 17.3. The van der Waals surface area contributed by atoms with Crippen molar-refractivity contribution in [1.29, 1.82) is 0 Å². The van der Waals surface area contributed by atoms with Gasteiger partial charge in [-0.05, 0) is 136 Å². The minimum Gasteiger partial charge on any atom is -0.465 e. The second kappa shape index (κ2) is 93.5. The van der Waals surface area contributed by atoms with Crippen LogP contribution in [0.1, 0.15) is 543 Å². The van der Waals surface area contributed by atoms with E-state index >= 15 is 0 Å². The monoisotopic (exact) mass is 1640 g/mol. The zero-order chi connectivity index (χ0) is 84.4. The van der Waals surface area contributed by atoms with Gasteiger partial charge in [0.05, 0.1) is 50.1 Å². The van der Waals surface area contributed by atoms with Crippen LogP contribution in [0.3, 0.4) is 0 Å². The summed E-state index contributed by atoms with van der Waals surface area (Å²) in [4.78, 5) is 61.5. The third-order valence-corrected chi connectivity index (χ3v) is 25.6. The van der Waals surface area contributed by atoms with Crippen molar-refractivity contribution in [2.45, 2.75) is 543 Å². The highest BCUT2D eigenvalue weighted by Gasteiger charge is 2.24. The van der Waals surface area contributed by atoms with E-state index in [9.17, 15) is 19.2 Å². The number of esters is 4. The first kappa shape index (κ1) is 114. The molecule has 0 aliphatic carbocycles. The van der Waals surface area contributed by atoms with Crippen molar-refractivity contribution in [1.82, 2.24) is 14.7 Å². The molecule has 4 unspecified atom stereocenters. The molecule has 0 bridgehead atoms. The highest BCUT2D eigenvalue weighted by Crippen LogP contribution is 2.27. The summed E-state index contributed by atoms with van der Waals surface area (Å²) in [5, 5.41) is 0. The smallest absolute Gasteiger partial charge is 0.308 e. The molecule has 0 heterocycles. The average Bonchev–Trinajstić information content (AvgIpc) is 0.949. The van der Waals surface area contributed by atoms with Gasteiger partial charge in [0.2, 0.25) is 0 Å². The van der Waals surface area contributed by atoms with Gasteiger partial charge >= 0.3 is 23.9 Å². The maximum atomic E-state index is 13.3. The first-order chi connectivity index (χ1) is 57.0. The van der Waals surface area contributed by atoms with Gasteiger partial charge in [0.25, 0.3) is 0 Å². The lowest BCUT2D eigenvalue weighted by Crippen LogP contribution is -2.39. The Hall–Kier alpha value is -2.24. The summed E-state index contributed by atoms with van der Waals surface area (Å²) in [5.74, 6) is 0.671. The Balaban J connectivity index is 5.73. The van der Waals surface area contributed by atoms with Gasteiger partial charge in [-0.1, -0.05) is 441 Å². The summed E-state index contributed by atoms with van der Waals surface area (Å²) >= 11 is 0. The van der Waals surface area contributed by atoms with Gasteiger partial charge in [0.1, 0.15) is 0 Å². The summed E-state index contributed by atoms with van der Waals surface area (Å²) in [7, 11) is 2.37. The summed E-state index contributed by atoms with van der Waals surface area (Å²) in [6.07, 6.45) is 91.9. The van der Waals surface area contributed by atoms with Crippen LogP contribution in [0.25, 0.3) is 0 Å². The van der Waals surface area contributed by atoms with Gasteiger partial charge in [-0.15, -0.1) is 0 Å². The summed E-state index contributed by atoms with van der Waals surface area (Å²) in [5.41, 5.74) is 0. The highest BCUT2D eigenvalue weighted by molar-refractivity contribution is 5.73. The average molecular weight is 1640 g/mol. The molecule has 0 aromatic rings. The molecule has 0 amide bonds. The quantitative estimate of drug-likeness (QED) is 0.0329. The van der Waals surface area contributed by atoms with Crippen LogP contribution >= 0.6 is 0 Å². The first-order valence-corrected chi connectivity index (χ1v) is 52.8. The number of hydrogen-bond acceptors (Lipinski definition) is 11. The van der Waals surface area contributed by atoms with Gasteiger partial charge in [-0.3, -0.25) is 19.2 Å². The minimum atomic E-state index is 0.0778. The molecule has 0 aromatic carbocycles. The van der Waals surface area contributed by atoms with Crippen LogP contribution in [0.2, 0.25) is 0 Å². The maximum Gasteiger partial charge on any atom is 0.308 e. The van der Waals surface area contributed by atoms with Crippen molar-refractivity contribution in [3.8, 4) is 0 Å². The standard InChI is InChI=1S/C105H207N3O8/c1-10-18-26-34-50-66-82-98(78-62-30-22-14-5)102(109)113-94-74-58-46-38-42-54-70-86-107(87-71-55-43-39-47-59-75-95-114-103(110)99(79-63-31-23-15-6)83-67-51-35-27-19-11-2)92-90-106(9)91-93-108(88-72-56-44-40-48-60-76-96-115-104(111)100(80-64-32-24-16-7)84-68-52-36-28-20-12-3)89-73-57-45-41-49-61-77-97-116-105(112)101(81-65-33-25-17-8)85-69-53-37-29-21-13-4/h98-101H,10-97H2,1-9H3. The maximum absolute atomic E-state index is 13.3. The fraction of sp³-hybridized carbons (Fsp3) is 0.962. The lowest BCUT2D eigenvalue weighted by molar-refractivity contribution is -0.150. The van der Waals surface area contributed by atoms with Crippen LogP contribution in [-0.4, -0.2) is 124 Å². The molecule has 0 rings (SSSR count). The van der Waals surface area contributed by atoms with E-state index < -0.39 is 0 Å². The molecule has 0 aromatic heterocycles. The predicted molar refractivity (Wildman–Crippen MR) is 504 cm³/mol. The second-order valence-electron chi connectivity index (χ2n) is 37.0. The zero-order valence-electron chi connectivity index (χ0n) is 80.1. The Bertz CT molecular complexity index is 1730. The molecular formula is C105H207N3O8. The number of hydrogen-bond donors (Lipinski definition) is 0. The lowest BCUT2D eigenvalue weighted by atomic mass is 9.94. The van der Waals surface area contributed by atoms with Crippen LogP contribution < -0.4 is 0 Å². The molecule has 11 heteroatoms. The highest BCUT2D eigenvalue weighted by atomic mass is 16.5. The van der Waals surface area contributed by atoms with Gasteiger partial charge < -0.3 is 33.6 Å². The van der Waals surface area contributed by atoms with E-state index in [1.807, 2.05) is 0 Å². The molecule has 116 heavy (non-hydrogen) atoms.